The van der Waals surface area contributed by atoms with Gasteiger partial charge in [-0.15, -0.1) is 0 Å². The number of fused-ring (bicyclic) bond motifs is 1. The molecule has 1 aromatic heterocycles. The van der Waals surface area contributed by atoms with Gasteiger partial charge in [-0.3, -0.25) is 9.48 Å². The van der Waals surface area contributed by atoms with Crippen LogP contribution in [-0.4, -0.2) is 33.2 Å². The van der Waals surface area contributed by atoms with E-state index in [0.29, 0.717) is 19.6 Å². The maximum Gasteiger partial charge on any atom is 0.226 e. The maximum absolute atomic E-state index is 12.9. The number of rotatable bonds is 5. The van der Waals surface area contributed by atoms with Crippen LogP contribution in [0.1, 0.15) is 43.1 Å². The van der Waals surface area contributed by atoms with E-state index in [2.05, 4.69) is 17.2 Å². The van der Waals surface area contributed by atoms with Crippen molar-refractivity contribution >= 4 is 5.91 Å². The molecule has 3 rings (SSSR count). The van der Waals surface area contributed by atoms with Crippen LogP contribution in [0.5, 0.6) is 0 Å². The molecule has 24 heavy (non-hydrogen) atoms. The summed E-state index contributed by atoms with van der Waals surface area (Å²) in [6.45, 7) is 5.35. The minimum Gasteiger partial charge on any atom is -0.373 e. The van der Waals surface area contributed by atoms with E-state index in [9.17, 15) is 4.79 Å². The first-order chi connectivity index (χ1) is 11.5. The van der Waals surface area contributed by atoms with Gasteiger partial charge < -0.3 is 9.64 Å². The molecule has 0 N–H and O–H groups in total. The molecule has 1 amide bonds. The zero-order valence-electron chi connectivity index (χ0n) is 14.6. The lowest BCUT2D eigenvalue weighted by atomic mass is 9.95. The molecule has 5 nitrogen and oxygen atoms in total. The fraction of sp³-hybridized carbons (Fsp3) is 0.474. The number of hydrogen-bond acceptors (Lipinski definition) is 3. The lowest BCUT2D eigenvalue weighted by Crippen LogP contribution is -2.37. The second-order valence-electron chi connectivity index (χ2n) is 6.65. The van der Waals surface area contributed by atoms with Crippen LogP contribution in [0.3, 0.4) is 0 Å². The molecular weight excluding hydrogens is 302 g/mol. The first kappa shape index (κ1) is 16.7. The third kappa shape index (κ3) is 3.67. The van der Waals surface area contributed by atoms with Gasteiger partial charge in [0.1, 0.15) is 0 Å². The van der Waals surface area contributed by atoms with Crippen LogP contribution in [0.4, 0.5) is 0 Å². The van der Waals surface area contributed by atoms with Crippen LogP contribution in [0.15, 0.2) is 36.7 Å². The predicted octanol–water partition coefficient (Wildman–Crippen LogP) is 2.86. The third-order valence-electron chi connectivity index (χ3n) is 4.51. The molecule has 1 atom stereocenters. The van der Waals surface area contributed by atoms with Gasteiger partial charge in [0.05, 0.1) is 25.3 Å². The zero-order chi connectivity index (χ0) is 17.1. The van der Waals surface area contributed by atoms with Crippen molar-refractivity contribution in [3.63, 3.8) is 0 Å². The Morgan fingerprint density at radius 3 is 2.92 bits per heavy atom. The monoisotopic (exact) mass is 327 g/mol. The van der Waals surface area contributed by atoms with Gasteiger partial charge in [-0.2, -0.15) is 5.10 Å². The van der Waals surface area contributed by atoms with Crippen LogP contribution < -0.4 is 0 Å². The van der Waals surface area contributed by atoms with Crippen LogP contribution >= 0.6 is 0 Å². The quantitative estimate of drug-likeness (QED) is 0.848. The van der Waals surface area contributed by atoms with Crippen molar-refractivity contribution in [2.24, 2.45) is 7.05 Å². The summed E-state index contributed by atoms with van der Waals surface area (Å²) < 4.78 is 7.66. The lowest BCUT2D eigenvalue weighted by Gasteiger charge is -2.30. The summed E-state index contributed by atoms with van der Waals surface area (Å²) in [6, 6.07) is 8.40. The Hall–Kier alpha value is -2.14. The molecule has 0 fully saturated rings. The highest BCUT2D eigenvalue weighted by Crippen LogP contribution is 2.30. The van der Waals surface area contributed by atoms with Crippen molar-refractivity contribution in [1.82, 2.24) is 14.7 Å². The van der Waals surface area contributed by atoms with Crippen LogP contribution in [-0.2, 0) is 29.5 Å². The number of ether oxygens (including phenoxy) is 1. The summed E-state index contributed by atoms with van der Waals surface area (Å²) in [4.78, 5) is 14.8. The second kappa shape index (κ2) is 7.18. The number of aromatic nitrogens is 2. The van der Waals surface area contributed by atoms with E-state index in [1.54, 1.807) is 4.68 Å². The average molecular weight is 327 g/mol. The Balaban J connectivity index is 1.72. The van der Waals surface area contributed by atoms with Gasteiger partial charge in [0, 0.05) is 31.4 Å². The van der Waals surface area contributed by atoms with Crippen molar-refractivity contribution < 1.29 is 9.53 Å². The third-order valence-corrected chi connectivity index (χ3v) is 4.51. The lowest BCUT2D eigenvalue weighted by molar-refractivity contribution is -0.137. The Morgan fingerprint density at radius 2 is 2.21 bits per heavy atom. The Morgan fingerprint density at radius 1 is 1.42 bits per heavy atom. The maximum atomic E-state index is 12.9. The van der Waals surface area contributed by atoms with Crippen molar-refractivity contribution in [2.75, 3.05) is 6.61 Å². The summed E-state index contributed by atoms with van der Waals surface area (Å²) >= 11 is 0. The van der Waals surface area contributed by atoms with Gasteiger partial charge in [-0.05, 0) is 31.4 Å². The van der Waals surface area contributed by atoms with Crippen molar-refractivity contribution in [3.05, 3.63) is 53.3 Å². The van der Waals surface area contributed by atoms with Crippen molar-refractivity contribution in [3.8, 4) is 0 Å². The first-order valence-corrected chi connectivity index (χ1v) is 8.51. The van der Waals surface area contributed by atoms with E-state index in [1.165, 1.54) is 5.56 Å². The van der Waals surface area contributed by atoms with E-state index in [-0.39, 0.29) is 18.1 Å². The van der Waals surface area contributed by atoms with Crippen LogP contribution in [0.25, 0.3) is 0 Å². The van der Waals surface area contributed by atoms with E-state index < -0.39 is 0 Å². The number of carbonyl (C=O) groups excluding carboxylic acids is 1. The van der Waals surface area contributed by atoms with E-state index in [4.69, 9.17) is 4.74 Å². The molecule has 2 aromatic rings. The molecule has 0 aliphatic carbocycles. The average Bonchev–Trinajstić information content (AvgIpc) is 2.98. The molecule has 0 radical (unpaired) electrons. The Kier molecular flexibility index (Phi) is 5.00. The van der Waals surface area contributed by atoms with Crippen LogP contribution in [0.2, 0.25) is 0 Å². The van der Waals surface area contributed by atoms with Gasteiger partial charge in [-0.25, -0.2) is 0 Å². The highest BCUT2D eigenvalue weighted by atomic mass is 16.5. The van der Waals surface area contributed by atoms with E-state index in [1.807, 2.05) is 50.3 Å². The fourth-order valence-electron chi connectivity index (χ4n) is 3.23. The van der Waals surface area contributed by atoms with Gasteiger partial charge in [0.2, 0.25) is 5.91 Å². The number of benzene rings is 1. The highest BCUT2D eigenvalue weighted by molar-refractivity contribution is 5.77. The normalized spacial score (nSPS) is 16.9. The Labute approximate surface area is 143 Å². The summed E-state index contributed by atoms with van der Waals surface area (Å²) in [5.74, 6) is 0.121. The number of aryl methyl sites for hydroxylation is 1. The molecule has 0 saturated heterocycles. The molecule has 0 bridgehead atoms. The smallest absolute Gasteiger partial charge is 0.226 e. The second-order valence-corrected chi connectivity index (χ2v) is 6.65. The van der Waals surface area contributed by atoms with Gasteiger partial charge in [0.25, 0.3) is 0 Å². The fourth-order valence-corrected chi connectivity index (χ4v) is 3.23. The van der Waals surface area contributed by atoms with Crippen molar-refractivity contribution in [1.29, 1.82) is 0 Å². The largest absolute Gasteiger partial charge is 0.373 e. The molecule has 1 aliphatic rings. The minimum absolute atomic E-state index is 0.121. The molecule has 2 heterocycles. The molecule has 1 aliphatic heterocycles. The topological polar surface area (TPSA) is 47.4 Å². The number of amides is 1. The number of hydrogen-bond donors (Lipinski definition) is 0. The Bertz CT molecular complexity index is 708. The summed E-state index contributed by atoms with van der Waals surface area (Å²) in [5, 5.41) is 4.19. The van der Waals surface area contributed by atoms with Gasteiger partial charge in [0.15, 0.2) is 0 Å². The molecule has 5 heteroatoms. The molecule has 0 spiro atoms. The molecule has 0 saturated carbocycles. The first-order valence-electron chi connectivity index (χ1n) is 8.51. The zero-order valence-corrected chi connectivity index (χ0v) is 14.6. The summed E-state index contributed by atoms with van der Waals surface area (Å²) in [7, 11) is 1.89. The molecule has 128 valence electrons. The molecular formula is C19H25N3O2. The van der Waals surface area contributed by atoms with E-state index >= 15 is 0 Å². The van der Waals surface area contributed by atoms with Crippen molar-refractivity contribution in [2.45, 2.75) is 45.4 Å². The summed E-state index contributed by atoms with van der Waals surface area (Å²) in [5.41, 5.74) is 3.50. The minimum atomic E-state index is -0.141. The predicted molar refractivity (Wildman–Crippen MR) is 92.4 cm³/mol. The van der Waals surface area contributed by atoms with Gasteiger partial charge >= 0.3 is 0 Å². The SMILES string of the molecule is CC(C)N(Cc1cnn(C)c1)C(=O)C[C@@H]1OCCc2ccccc21. The molecule has 1 aromatic carbocycles. The summed E-state index contributed by atoms with van der Waals surface area (Å²) in [6.07, 6.45) is 4.93. The van der Waals surface area contributed by atoms with E-state index in [0.717, 1.165) is 17.5 Å². The van der Waals surface area contributed by atoms with Crippen LogP contribution in [0, 0.1) is 0 Å². The number of carbonyl (C=O) groups is 1. The standard InChI is InChI=1S/C19H25N3O2/c1-14(2)22(13-15-11-20-21(3)12-15)19(23)10-18-17-7-5-4-6-16(17)8-9-24-18/h4-7,11-12,14,18H,8-10,13H2,1-3H3/t18-/m0/s1. The molecule has 0 unspecified atom stereocenters. The highest BCUT2D eigenvalue weighted by Gasteiger charge is 2.26. The number of nitrogens with zero attached hydrogens (tertiary/aromatic N) is 3. The van der Waals surface area contributed by atoms with Gasteiger partial charge in [-0.1, -0.05) is 24.3 Å².